The molecule has 0 spiro atoms. The Morgan fingerprint density at radius 3 is 2.07 bits per heavy atom. The van der Waals surface area contributed by atoms with Gasteiger partial charge in [-0.3, -0.25) is 9.69 Å². The number of piperidine rings is 3. The minimum atomic E-state index is -0.111. The lowest BCUT2D eigenvalue weighted by Gasteiger charge is -2.50. The van der Waals surface area contributed by atoms with E-state index in [1.165, 1.54) is 6.42 Å². The standard InChI is InChI=1S/C21H35N3O3/c1-4-22(5-2)20(25)19-17-12-23(13-18(17)19)16-10-14-8-7-9-15(11-16)24(14)21(26)27-6-3/h14-19H,4-13H2,1-3H3/t14?,15?,16?,17-,18+,19-. The van der Waals surface area contributed by atoms with Gasteiger partial charge in [0.1, 0.15) is 0 Å². The Labute approximate surface area is 163 Å². The zero-order valence-electron chi connectivity index (χ0n) is 17.1. The molecular weight excluding hydrogens is 342 g/mol. The predicted octanol–water partition coefficient (Wildman–Crippen LogP) is 2.57. The Kier molecular flexibility index (Phi) is 5.36. The predicted molar refractivity (Wildman–Crippen MR) is 103 cm³/mol. The number of hydrogen-bond acceptors (Lipinski definition) is 4. The number of nitrogens with zero attached hydrogens (tertiary/aromatic N) is 3. The van der Waals surface area contributed by atoms with Crippen LogP contribution in [0.4, 0.5) is 4.79 Å². The van der Waals surface area contributed by atoms with Gasteiger partial charge in [0.2, 0.25) is 5.91 Å². The average Bonchev–Trinajstić information content (AvgIpc) is 3.15. The van der Waals surface area contributed by atoms with E-state index >= 15 is 0 Å². The summed E-state index contributed by atoms with van der Waals surface area (Å²) in [5.74, 6) is 1.80. The largest absolute Gasteiger partial charge is 0.450 e. The molecule has 4 fully saturated rings. The molecule has 5 atom stereocenters. The van der Waals surface area contributed by atoms with Crippen LogP contribution in [-0.2, 0) is 9.53 Å². The van der Waals surface area contributed by atoms with Crippen LogP contribution in [0.25, 0.3) is 0 Å². The summed E-state index contributed by atoms with van der Waals surface area (Å²) in [6, 6.07) is 1.25. The topological polar surface area (TPSA) is 53.1 Å². The van der Waals surface area contributed by atoms with Crippen LogP contribution in [0, 0.1) is 17.8 Å². The van der Waals surface area contributed by atoms with Crippen molar-refractivity contribution in [2.24, 2.45) is 17.8 Å². The molecule has 0 aromatic rings. The van der Waals surface area contributed by atoms with Crippen LogP contribution in [-0.4, -0.2) is 77.6 Å². The van der Waals surface area contributed by atoms with E-state index in [0.29, 0.717) is 42.5 Å². The van der Waals surface area contributed by atoms with Gasteiger partial charge in [-0.05, 0) is 64.7 Å². The van der Waals surface area contributed by atoms with Gasteiger partial charge >= 0.3 is 6.09 Å². The van der Waals surface area contributed by atoms with Crippen molar-refractivity contribution in [3.8, 4) is 0 Å². The molecule has 6 heteroatoms. The summed E-state index contributed by atoms with van der Waals surface area (Å²) in [4.78, 5) is 31.7. The van der Waals surface area contributed by atoms with E-state index in [1.54, 1.807) is 0 Å². The Hall–Kier alpha value is -1.30. The van der Waals surface area contributed by atoms with Crippen molar-refractivity contribution >= 4 is 12.0 Å². The molecule has 4 rings (SSSR count). The zero-order valence-corrected chi connectivity index (χ0v) is 17.1. The number of rotatable bonds is 5. The molecular formula is C21H35N3O3. The number of hydrogen-bond donors (Lipinski definition) is 0. The van der Waals surface area contributed by atoms with E-state index in [1.807, 2.05) is 16.7 Å². The summed E-state index contributed by atoms with van der Waals surface area (Å²) < 4.78 is 5.32. The van der Waals surface area contributed by atoms with Crippen LogP contribution in [0.2, 0.25) is 0 Å². The van der Waals surface area contributed by atoms with Crippen LogP contribution < -0.4 is 0 Å². The molecule has 1 saturated carbocycles. The van der Waals surface area contributed by atoms with Gasteiger partial charge in [-0.2, -0.15) is 0 Å². The fourth-order valence-corrected chi connectivity index (χ4v) is 6.12. The fraction of sp³-hybridized carbons (Fsp3) is 0.905. The first-order chi connectivity index (χ1) is 13.1. The van der Waals surface area contributed by atoms with Gasteiger partial charge in [-0.1, -0.05) is 0 Å². The summed E-state index contributed by atoms with van der Waals surface area (Å²) in [6.07, 6.45) is 5.47. The molecule has 0 aromatic carbocycles. The highest BCUT2D eigenvalue weighted by Gasteiger charge is 2.61. The minimum absolute atomic E-state index is 0.111. The third-order valence-electron chi connectivity index (χ3n) is 7.53. The highest BCUT2D eigenvalue weighted by atomic mass is 16.6. The van der Waals surface area contributed by atoms with Crippen LogP contribution in [0.15, 0.2) is 0 Å². The lowest BCUT2D eigenvalue weighted by Crippen LogP contribution is -2.59. The van der Waals surface area contributed by atoms with Crippen LogP contribution in [0.5, 0.6) is 0 Å². The molecule has 3 heterocycles. The van der Waals surface area contributed by atoms with Crippen molar-refractivity contribution in [3.63, 3.8) is 0 Å². The second-order valence-corrected chi connectivity index (χ2v) is 8.79. The first-order valence-corrected chi connectivity index (χ1v) is 11.1. The highest BCUT2D eigenvalue weighted by Crippen LogP contribution is 2.54. The molecule has 0 N–H and O–H groups in total. The second-order valence-electron chi connectivity index (χ2n) is 8.79. The van der Waals surface area contributed by atoms with E-state index in [9.17, 15) is 9.59 Å². The average molecular weight is 378 g/mol. The van der Waals surface area contributed by atoms with E-state index in [0.717, 1.165) is 51.9 Å². The van der Waals surface area contributed by atoms with Gasteiger partial charge in [0, 0.05) is 50.2 Å². The zero-order chi connectivity index (χ0) is 19.1. The number of likely N-dealkylation sites (tertiary alicyclic amines) is 1. The highest BCUT2D eigenvalue weighted by molar-refractivity contribution is 5.82. The number of carbonyl (C=O) groups is 2. The van der Waals surface area contributed by atoms with Crippen LogP contribution in [0.1, 0.15) is 52.9 Å². The van der Waals surface area contributed by atoms with Crippen molar-refractivity contribution in [1.82, 2.24) is 14.7 Å². The lowest BCUT2D eigenvalue weighted by atomic mass is 9.81. The Morgan fingerprint density at radius 2 is 1.56 bits per heavy atom. The van der Waals surface area contributed by atoms with Crippen LogP contribution in [0.3, 0.4) is 0 Å². The Balaban J connectivity index is 1.34. The van der Waals surface area contributed by atoms with Gasteiger partial charge < -0.3 is 14.5 Å². The molecule has 4 aliphatic rings. The second kappa shape index (κ2) is 7.61. The van der Waals surface area contributed by atoms with E-state index in [-0.39, 0.29) is 12.0 Å². The van der Waals surface area contributed by atoms with Gasteiger partial charge in [0.15, 0.2) is 0 Å². The maximum absolute atomic E-state index is 12.7. The van der Waals surface area contributed by atoms with Crippen molar-refractivity contribution in [2.75, 3.05) is 32.8 Å². The smallest absolute Gasteiger partial charge is 0.410 e. The van der Waals surface area contributed by atoms with Gasteiger partial charge in [-0.15, -0.1) is 0 Å². The van der Waals surface area contributed by atoms with E-state index in [2.05, 4.69) is 18.7 Å². The van der Waals surface area contributed by atoms with Crippen molar-refractivity contribution in [3.05, 3.63) is 0 Å². The molecule has 3 aliphatic heterocycles. The lowest BCUT2D eigenvalue weighted by molar-refractivity contribution is -0.133. The van der Waals surface area contributed by atoms with Gasteiger partial charge in [-0.25, -0.2) is 4.79 Å². The van der Waals surface area contributed by atoms with Crippen molar-refractivity contribution in [1.29, 1.82) is 0 Å². The number of fused-ring (bicyclic) bond motifs is 3. The molecule has 2 amide bonds. The maximum Gasteiger partial charge on any atom is 0.410 e. The third-order valence-corrected chi connectivity index (χ3v) is 7.53. The van der Waals surface area contributed by atoms with Crippen molar-refractivity contribution < 1.29 is 14.3 Å². The molecule has 3 saturated heterocycles. The Bertz CT molecular complexity index is 553. The Morgan fingerprint density at radius 1 is 0.963 bits per heavy atom. The van der Waals surface area contributed by atoms with Crippen LogP contribution >= 0.6 is 0 Å². The summed E-state index contributed by atoms with van der Waals surface area (Å²) in [7, 11) is 0. The normalized spacial score (nSPS) is 37.7. The number of amides is 2. The summed E-state index contributed by atoms with van der Waals surface area (Å²) in [5.41, 5.74) is 0. The minimum Gasteiger partial charge on any atom is -0.450 e. The number of carbonyl (C=O) groups excluding carboxylic acids is 2. The molecule has 2 bridgehead atoms. The van der Waals surface area contributed by atoms with Gasteiger partial charge in [0.25, 0.3) is 0 Å². The molecule has 1 aliphatic carbocycles. The molecule has 0 radical (unpaired) electrons. The SMILES string of the molecule is CCOC(=O)N1C2CCCC1CC(N1C[C@@H]3[C@H](C1)[C@@H]3C(=O)N(CC)CC)C2. The van der Waals surface area contributed by atoms with E-state index in [4.69, 9.17) is 4.74 Å². The summed E-state index contributed by atoms with van der Waals surface area (Å²) in [5, 5.41) is 0. The van der Waals surface area contributed by atoms with Crippen molar-refractivity contribution in [2.45, 2.75) is 71.0 Å². The molecule has 0 aromatic heterocycles. The molecule has 27 heavy (non-hydrogen) atoms. The molecule has 6 nitrogen and oxygen atoms in total. The monoisotopic (exact) mass is 377 g/mol. The quantitative estimate of drug-likeness (QED) is 0.739. The molecule has 152 valence electrons. The first kappa shape index (κ1) is 19.0. The number of ether oxygens (including phenoxy) is 1. The first-order valence-electron chi connectivity index (χ1n) is 11.1. The third kappa shape index (κ3) is 3.34. The summed E-state index contributed by atoms with van der Waals surface area (Å²) >= 11 is 0. The maximum atomic E-state index is 12.7. The summed E-state index contributed by atoms with van der Waals surface area (Å²) in [6.45, 7) is 10.3. The van der Waals surface area contributed by atoms with E-state index < -0.39 is 0 Å². The molecule has 2 unspecified atom stereocenters. The van der Waals surface area contributed by atoms with Gasteiger partial charge in [0.05, 0.1) is 6.61 Å². The fourth-order valence-electron chi connectivity index (χ4n) is 6.12.